The number of rotatable bonds is 2. The van der Waals surface area contributed by atoms with Crippen LogP contribution in [0.3, 0.4) is 0 Å². The lowest BCUT2D eigenvalue weighted by Gasteiger charge is -2.47. The molecule has 2 aromatic rings. The van der Waals surface area contributed by atoms with Gasteiger partial charge in [-0.25, -0.2) is 4.79 Å². The van der Waals surface area contributed by atoms with Crippen molar-refractivity contribution < 1.29 is 42.8 Å². The number of benzene rings is 1. The number of aromatic nitrogens is 1. The number of ketones is 1. The summed E-state index contributed by atoms with van der Waals surface area (Å²) in [6.45, 7) is 0.435. The van der Waals surface area contributed by atoms with Crippen LogP contribution < -0.4 is 24.0 Å². The van der Waals surface area contributed by atoms with Crippen LogP contribution in [0.15, 0.2) is 65.8 Å². The van der Waals surface area contributed by atoms with Crippen LogP contribution in [0, 0.1) is 5.92 Å². The van der Waals surface area contributed by atoms with E-state index in [0.717, 1.165) is 16.6 Å². The first-order chi connectivity index (χ1) is 12.1. The minimum atomic E-state index is -0.419. The van der Waals surface area contributed by atoms with Crippen molar-refractivity contribution in [2.45, 2.75) is 6.42 Å². The summed E-state index contributed by atoms with van der Waals surface area (Å²) in [7, 11) is 2.01. The third-order valence-electron chi connectivity index (χ3n) is 5.56. The molecule has 1 aromatic heterocycles. The molecule has 5 nitrogen and oxygen atoms in total. The Morgan fingerprint density at radius 3 is 2.96 bits per heavy atom. The van der Waals surface area contributed by atoms with Crippen LogP contribution in [0.1, 0.15) is 16.8 Å². The normalized spacial score (nSPS) is 26.0. The molecule has 0 aliphatic carbocycles. The van der Waals surface area contributed by atoms with E-state index in [1.165, 1.54) is 5.70 Å². The number of halogens is 1. The fourth-order valence-electron chi connectivity index (χ4n) is 4.20. The summed E-state index contributed by atoms with van der Waals surface area (Å²) in [5.41, 5.74) is 3.50. The van der Waals surface area contributed by atoms with Gasteiger partial charge in [-0.2, -0.15) is 0 Å². The number of quaternary nitrogens is 1. The number of Topliss-reactive ketones (excluding diaryl/α,β-unsaturated/α-hetero) is 1. The molecule has 1 saturated heterocycles. The molecule has 0 spiro atoms. The SMILES string of the molecule is C[N+]12CC(=O)C3CC1=CC=CC2=C3OC(=O)c1c[nH]c2ccccc12.[I-]. The molecule has 2 unspecified atom stereocenters. The number of ether oxygens (including phenoxy) is 1. The highest BCUT2D eigenvalue weighted by Gasteiger charge is 2.54. The van der Waals surface area contributed by atoms with Crippen molar-refractivity contribution in [3.05, 3.63) is 71.4 Å². The maximum atomic E-state index is 12.8. The molecule has 2 atom stereocenters. The van der Waals surface area contributed by atoms with E-state index in [2.05, 4.69) is 11.1 Å². The van der Waals surface area contributed by atoms with E-state index < -0.39 is 5.97 Å². The molecule has 6 rings (SSSR count). The van der Waals surface area contributed by atoms with Crippen molar-refractivity contribution in [3.8, 4) is 0 Å². The van der Waals surface area contributed by atoms with Gasteiger partial charge < -0.3 is 33.7 Å². The Morgan fingerprint density at radius 2 is 2.12 bits per heavy atom. The Kier molecular flexibility index (Phi) is 3.92. The van der Waals surface area contributed by atoms with Gasteiger partial charge in [0.1, 0.15) is 12.2 Å². The molecule has 6 heteroatoms. The van der Waals surface area contributed by atoms with Crippen LogP contribution in [-0.4, -0.2) is 34.8 Å². The lowest BCUT2D eigenvalue weighted by atomic mass is 9.81. The first kappa shape index (κ1) is 17.2. The predicted octanol–water partition coefficient (Wildman–Crippen LogP) is 0.0432. The van der Waals surface area contributed by atoms with Gasteiger partial charge in [0, 0.05) is 29.6 Å². The third kappa shape index (κ3) is 2.25. The summed E-state index contributed by atoms with van der Waals surface area (Å²) < 4.78 is 6.24. The molecule has 1 fully saturated rings. The second kappa shape index (κ2) is 5.92. The zero-order valence-electron chi connectivity index (χ0n) is 14.2. The number of carbonyl (C=O) groups excluding carboxylic acids is 2. The summed E-state index contributed by atoms with van der Waals surface area (Å²) in [5, 5.41) is 0.825. The summed E-state index contributed by atoms with van der Waals surface area (Å²) >= 11 is 0. The van der Waals surface area contributed by atoms with Gasteiger partial charge in [0.05, 0.1) is 18.5 Å². The zero-order chi connectivity index (χ0) is 17.2. The van der Waals surface area contributed by atoms with E-state index in [9.17, 15) is 9.59 Å². The smallest absolute Gasteiger partial charge is 0.345 e. The van der Waals surface area contributed by atoms with Gasteiger partial charge in [-0.05, 0) is 12.1 Å². The third-order valence-corrected chi connectivity index (χ3v) is 5.56. The quantitative estimate of drug-likeness (QED) is 0.392. The topological polar surface area (TPSA) is 59.2 Å². The molecular formula is C20H17IN2O3. The van der Waals surface area contributed by atoms with Crippen molar-refractivity contribution in [1.29, 1.82) is 0 Å². The van der Waals surface area contributed by atoms with Crippen molar-refractivity contribution in [2.75, 3.05) is 13.6 Å². The van der Waals surface area contributed by atoms with E-state index in [1.54, 1.807) is 6.20 Å². The molecular weight excluding hydrogens is 443 g/mol. The van der Waals surface area contributed by atoms with Gasteiger partial charge in [0.2, 0.25) is 0 Å². The van der Waals surface area contributed by atoms with Crippen LogP contribution in [0.2, 0.25) is 0 Å². The summed E-state index contributed by atoms with van der Waals surface area (Å²) in [4.78, 5) is 28.4. The molecule has 1 N–H and O–H groups in total. The molecule has 0 amide bonds. The second-order valence-electron chi connectivity index (χ2n) is 6.98. The molecule has 0 radical (unpaired) electrons. The maximum absolute atomic E-state index is 12.8. The Morgan fingerprint density at radius 1 is 1.31 bits per heavy atom. The van der Waals surface area contributed by atoms with Crippen LogP contribution >= 0.6 is 0 Å². The number of fused-ring (bicyclic) bond motifs is 2. The van der Waals surface area contributed by atoms with Gasteiger partial charge >= 0.3 is 5.97 Å². The van der Waals surface area contributed by atoms with Crippen molar-refractivity contribution in [1.82, 2.24) is 4.98 Å². The zero-order valence-corrected chi connectivity index (χ0v) is 16.3. The van der Waals surface area contributed by atoms with E-state index in [-0.39, 0.29) is 35.7 Å². The second-order valence-corrected chi connectivity index (χ2v) is 6.98. The number of nitrogens with one attached hydrogen (secondary N) is 1. The summed E-state index contributed by atoms with van der Waals surface area (Å²) in [6, 6.07) is 7.60. The molecule has 4 aliphatic rings. The van der Waals surface area contributed by atoms with Crippen molar-refractivity contribution in [2.24, 2.45) is 5.92 Å². The highest BCUT2D eigenvalue weighted by Crippen LogP contribution is 2.47. The van der Waals surface area contributed by atoms with Crippen LogP contribution in [0.4, 0.5) is 0 Å². The van der Waals surface area contributed by atoms with Crippen LogP contribution in [0.25, 0.3) is 10.9 Å². The Labute approximate surface area is 167 Å². The number of nitrogens with zero attached hydrogens (tertiary/aromatic N) is 1. The number of para-hydroxylation sites is 1. The number of H-pyrrole nitrogens is 1. The largest absolute Gasteiger partial charge is 1.00 e. The van der Waals surface area contributed by atoms with Gasteiger partial charge in [0.15, 0.2) is 17.2 Å². The highest BCUT2D eigenvalue weighted by atomic mass is 127. The minimum Gasteiger partial charge on any atom is -1.00 e. The molecule has 5 heterocycles. The number of allylic oxidation sites excluding steroid dienone is 5. The Balaban J connectivity index is 0.00000168. The van der Waals surface area contributed by atoms with E-state index >= 15 is 0 Å². The highest BCUT2D eigenvalue weighted by molar-refractivity contribution is 6.04. The maximum Gasteiger partial charge on any atom is 0.345 e. The molecule has 0 saturated carbocycles. The van der Waals surface area contributed by atoms with Gasteiger partial charge in [-0.1, -0.05) is 24.3 Å². The standard InChI is InChI=1S/C20H16N2O3.HI/c1-22-11-18(23)14-9-12(22)5-4-8-17(22)19(14)25-20(24)15-10-21-16-7-3-2-6-13(15)16;/h2-8,10,14H,9,11H2,1H3;1H. The van der Waals surface area contributed by atoms with Crippen molar-refractivity contribution >= 4 is 22.7 Å². The molecule has 132 valence electrons. The Hall–Kier alpha value is -2.19. The van der Waals surface area contributed by atoms with Crippen LogP contribution in [0.5, 0.6) is 0 Å². The van der Waals surface area contributed by atoms with Crippen molar-refractivity contribution in [3.63, 3.8) is 0 Å². The fourth-order valence-corrected chi connectivity index (χ4v) is 4.20. The van der Waals surface area contributed by atoms with E-state index in [1.807, 2.05) is 43.5 Å². The molecule has 26 heavy (non-hydrogen) atoms. The Bertz CT molecular complexity index is 1050. The molecule has 1 aromatic carbocycles. The number of esters is 1. The first-order valence-corrected chi connectivity index (χ1v) is 8.37. The van der Waals surface area contributed by atoms with Gasteiger partial charge in [0.25, 0.3) is 0 Å². The van der Waals surface area contributed by atoms with Crippen LogP contribution in [-0.2, 0) is 9.53 Å². The number of aromatic amines is 1. The fraction of sp³-hybridized carbons (Fsp3) is 0.200. The average Bonchev–Trinajstić information content (AvgIpc) is 3.00. The van der Waals surface area contributed by atoms with Gasteiger partial charge in [-0.15, -0.1) is 0 Å². The number of hydrogen-bond acceptors (Lipinski definition) is 3. The molecule has 4 bridgehead atoms. The van der Waals surface area contributed by atoms with E-state index in [4.69, 9.17) is 4.74 Å². The lowest BCUT2D eigenvalue weighted by Crippen LogP contribution is -3.00. The first-order valence-electron chi connectivity index (χ1n) is 8.37. The summed E-state index contributed by atoms with van der Waals surface area (Å²) in [6.07, 6.45) is 8.29. The number of carbonyl (C=O) groups is 2. The average molecular weight is 460 g/mol. The lowest BCUT2D eigenvalue weighted by molar-refractivity contribution is -0.832. The minimum absolute atomic E-state index is 0. The van der Waals surface area contributed by atoms with E-state index in [0.29, 0.717) is 28.8 Å². The van der Waals surface area contributed by atoms with Gasteiger partial charge in [-0.3, -0.25) is 9.28 Å². The molecule has 4 aliphatic heterocycles. The number of hydrogen-bond donors (Lipinski definition) is 1. The predicted molar refractivity (Wildman–Crippen MR) is 92.1 cm³/mol. The summed E-state index contributed by atoms with van der Waals surface area (Å²) in [5.74, 6) is -0.111. The monoisotopic (exact) mass is 460 g/mol. The number of likely N-dealkylation sites (N-methyl/N-ethyl adjacent to an activating group) is 1. The number of piperidine rings is 1.